The molecule has 0 bridgehead atoms. The lowest BCUT2D eigenvalue weighted by molar-refractivity contribution is -0.0874. The quantitative estimate of drug-likeness (QED) is 0.657. The van der Waals surface area contributed by atoms with Crippen LogP contribution in [0.2, 0.25) is 0 Å². The van der Waals surface area contributed by atoms with E-state index in [0.29, 0.717) is 29.8 Å². The molecule has 0 N–H and O–H groups in total. The van der Waals surface area contributed by atoms with Crippen molar-refractivity contribution >= 4 is 0 Å². The Morgan fingerprint density at radius 2 is 1.57 bits per heavy atom. The zero-order valence-electron chi connectivity index (χ0n) is 10.8. The Balaban J connectivity index is 2.86. The molecule has 14 heavy (non-hydrogen) atoms. The zero-order chi connectivity index (χ0) is 11.1. The smallest absolute Gasteiger partial charge is 0.0710 e. The highest BCUT2D eigenvalue weighted by molar-refractivity contribution is 4.97. The number of ether oxygens (including phenoxy) is 1. The fraction of sp³-hybridized carbons (Fsp3) is 1.00. The maximum Gasteiger partial charge on any atom is 0.0710 e. The molecule has 0 spiro atoms. The molecular formula is C13H26O. The molecule has 0 radical (unpaired) electrons. The lowest BCUT2D eigenvalue weighted by atomic mass is 9.76. The fourth-order valence-corrected chi connectivity index (χ4v) is 2.72. The maximum absolute atomic E-state index is 6.30. The molecule has 84 valence electrons. The van der Waals surface area contributed by atoms with Crippen molar-refractivity contribution < 1.29 is 4.74 Å². The summed E-state index contributed by atoms with van der Waals surface area (Å²) in [6.07, 6.45) is 0.442. The van der Waals surface area contributed by atoms with Crippen LogP contribution in [0.3, 0.4) is 0 Å². The third kappa shape index (κ3) is 1.71. The van der Waals surface area contributed by atoms with Crippen LogP contribution < -0.4 is 0 Å². The number of hydrogen-bond acceptors (Lipinski definition) is 1. The monoisotopic (exact) mass is 198 g/mol. The van der Waals surface area contributed by atoms with Crippen LogP contribution in [0.5, 0.6) is 0 Å². The topological polar surface area (TPSA) is 9.23 Å². The van der Waals surface area contributed by atoms with E-state index in [2.05, 4.69) is 48.5 Å². The van der Waals surface area contributed by atoms with E-state index < -0.39 is 0 Å². The van der Waals surface area contributed by atoms with Crippen LogP contribution in [-0.2, 0) is 4.74 Å². The minimum Gasteiger partial charge on any atom is -0.371 e. The third-order valence-corrected chi connectivity index (χ3v) is 4.40. The van der Waals surface area contributed by atoms with Gasteiger partial charge in [-0.25, -0.2) is 0 Å². The number of hydrogen-bond donors (Lipinski definition) is 0. The van der Waals surface area contributed by atoms with Crippen LogP contribution in [0.25, 0.3) is 0 Å². The van der Waals surface area contributed by atoms with E-state index in [-0.39, 0.29) is 5.60 Å². The Labute approximate surface area is 89.2 Å². The van der Waals surface area contributed by atoms with Gasteiger partial charge >= 0.3 is 0 Å². The van der Waals surface area contributed by atoms with Crippen molar-refractivity contribution in [1.29, 1.82) is 0 Å². The van der Waals surface area contributed by atoms with E-state index in [0.717, 1.165) is 0 Å². The molecule has 1 saturated heterocycles. The number of rotatable bonds is 2. The van der Waals surface area contributed by atoms with Crippen LogP contribution in [0.1, 0.15) is 48.5 Å². The van der Waals surface area contributed by atoms with Crippen LogP contribution in [0.4, 0.5) is 0 Å². The summed E-state index contributed by atoms with van der Waals surface area (Å²) in [5, 5.41) is 0. The standard InChI is InChI=1S/C13H26O/c1-8(2)12-10(5)11(6)13(7,14-12)9(3)4/h8-12H,1-7H3/t10-,11-,12-,13-/m1/s1. The molecule has 0 aliphatic carbocycles. The molecule has 0 aromatic carbocycles. The summed E-state index contributed by atoms with van der Waals surface area (Å²) in [6, 6.07) is 0. The lowest BCUT2D eigenvalue weighted by Gasteiger charge is -2.33. The van der Waals surface area contributed by atoms with E-state index in [1.807, 2.05) is 0 Å². The van der Waals surface area contributed by atoms with Gasteiger partial charge in [-0.05, 0) is 30.6 Å². The van der Waals surface area contributed by atoms with Crippen molar-refractivity contribution in [3.05, 3.63) is 0 Å². The van der Waals surface area contributed by atoms with E-state index in [1.165, 1.54) is 0 Å². The van der Waals surface area contributed by atoms with Crippen molar-refractivity contribution in [2.45, 2.75) is 60.2 Å². The average Bonchev–Trinajstić information content (AvgIpc) is 2.31. The summed E-state index contributed by atoms with van der Waals surface area (Å²) < 4.78 is 6.30. The van der Waals surface area contributed by atoms with Crippen molar-refractivity contribution in [1.82, 2.24) is 0 Å². The van der Waals surface area contributed by atoms with Crippen molar-refractivity contribution in [3.8, 4) is 0 Å². The predicted molar refractivity (Wildman–Crippen MR) is 61.3 cm³/mol. The second kappa shape index (κ2) is 3.84. The SMILES string of the molecule is CC(C)[C@H]1O[C@](C)(C(C)C)[C@H](C)[C@H]1C. The molecule has 1 fully saturated rings. The highest BCUT2D eigenvalue weighted by Crippen LogP contribution is 2.46. The molecule has 0 amide bonds. The molecule has 1 rings (SSSR count). The van der Waals surface area contributed by atoms with Crippen molar-refractivity contribution in [2.24, 2.45) is 23.7 Å². The molecule has 0 unspecified atom stereocenters. The first kappa shape index (κ1) is 12.0. The Bertz CT molecular complexity index is 195. The lowest BCUT2D eigenvalue weighted by Crippen LogP contribution is -2.37. The van der Waals surface area contributed by atoms with Crippen LogP contribution in [0, 0.1) is 23.7 Å². The molecular weight excluding hydrogens is 172 g/mol. The molecule has 0 aromatic heterocycles. The van der Waals surface area contributed by atoms with Gasteiger partial charge in [-0.2, -0.15) is 0 Å². The van der Waals surface area contributed by atoms with Gasteiger partial charge < -0.3 is 4.74 Å². The summed E-state index contributed by atoms with van der Waals surface area (Å²) in [5.74, 6) is 2.58. The summed E-state index contributed by atoms with van der Waals surface area (Å²) in [4.78, 5) is 0. The molecule has 0 saturated carbocycles. The first-order valence-electron chi connectivity index (χ1n) is 5.98. The van der Waals surface area contributed by atoms with E-state index in [1.54, 1.807) is 0 Å². The summed E-state index contributed by atoms with van der Waals surface area (Å²) in [7, 11) is 0. The average molecular weight is 198 g/mol. The molecule has 4 atom stereocenters. The second-order valence-electron chi connectivity index (χ2n) is 5.81. The van der Waals surface area contributed by atoms with E-state index in [9.17, 15) is 0 Å². The molecule has 1 aliphatic heterocycles. The molecule has 1 nitrogen and oxygen atoms in total. The molecule has 1 heteroatoms. The predicted octanol–water partition coefficient (Wildman–Crippen LogP) is 3.73. The zero-order valence-corrected chi connectivity index (χ0v) is 10.8. The van der Waals surface area contributed by atoms with Gasteiger partial charge in [0, 0.05) is 0 Å². The van der Waals surface area contributed by atoms with Gasteiger partial charge in [0.1, 0.15) is 0 Å². The van der Waals surface area contributed by atoms with Gasteiger partial charge in [0.15, 0.2) is 0 Å². The Kier molecular flexibility index (Phi) is 3.30. The Morgan fingerprint density at radius 3 is 1.79 bits per heavy atom. The highest BCUT2D eigenvalue weighted by Gasteiger charge is 2.49. The highest BCUT2D eigenvalue weighted by atomic mass is 16.5. The minimum absolute atomic E-state index is 0.0777. The van der Waals surface area contributed by atoms with Gasteiger partial charge in [0.05, 0.1) is 11.7 Å². The van der Waals surface area contributed by atoms with Gasteiger partial charge in [0.25, 0.3) is 0 Å². The van der Waals surface area contributed by atoms with Crippen molar-refractivity contribution in [3.63, 3.8) is 0 Å². The first-order valence-corrected chi connectivity index (χ1v) is 5.98. The Morgan fingerprint density at radius 1 is 1.07 bits per heavy atom. The van der Waals surface area contributed by atoms with Gasteiger partial charge in [-0.15, -0.1) is 0 Å². The van der Waals surface area contributed by atoms with Gasteiger partial charge in [-0.1, -0.05) is 41.5 Å². The fourth-order valence-electron chi connectivity index (χ4n) is 2.72. The van der Waals surface area contributed by atoms with Crippen LogP contribution in [0.15, 0.2) is 0 Å². The molecule has 0 aromatic rings. The summed E-state index contributed by atoms with van der Waals surface area (Å²) >= 11 is 0. The summed E-state index contributed by atoms with van der Waals surface area (Å²) in [5.41, 5.74) is 0.0777. The second-order valence-corrected chi connectivity index (χ2v) is 5.81. The minimum atomic E-state index is 0.0777. The van der Waals surface area contributed by atoms with Crippen molar-refractivity contribution in [2.75, 3.05) is 0 Å². The van der Waals surface area contributed by atoms with Crippen LogP contribution in [-0.4, -0.2) is 11.7 Å². The first-order chi connectivity index (χ1) is 6.30. The van der Waals surface area contributed by atoms with E-state index >= 15 is 0 Å². The molecule has 1 heterocycles. The Hall–Kier alpha value is -0.0400. The van der Waals surface area contributed by atoms with Crippen LogP contribution >= 0.6 is 0 Å². The largest absolute Gasteiger partial charge is 0.371 e. The van der Waals surface area contributed by atoms with Gasteiger partial charge in [-0.3, -0.25) is 0 Å². The normalized spacial score (nSPS) is 43.9. The maximum atomic E-state index is 6.30. The third-order valence-electron chi connectivity index (χ3n) is 4.40. The summed E-state index contributed by atoms with van der Waals surface area (Å²) in [6.45, 7) is 16.0. The molecule has 1 aliphatic rings. The van der Waals surface area contributed by atoms with Gasteiger partial charge in [0.2, 0.25) is 0 Å². The van der Waals surface area contributed by atoms with E-state index in [4.69, 9.17) is 4.74 Å².